The van der Waals surface area contributed by atoms with Gasteiger partial charge in [0.15, 0.2) is 0 Å². The van der Waals surface area contributed by atoms with Gasteiger partial charge in [-0.05, 0) is 12.3 Å². The van der Waals surface area contributed by atoms with Crippen molar-refractivity contribution >= 4 is 12.0 Å². The molecule has 0 aromatic heterocycles. The zero-order valence-corrected chi connectivity index (χ0v) is 12.2. The highest BCUT2D eigenvalue weighted by atomic mass is 16.5. The first kappa shape index (κ1) is 17.7. The van der Waals surface area contributed by atoms with Crippen molar-refractivity contribution in [2.24, 2.45) is 5.92 Å². The van der Waals surface area contributed by atoms with Crippen LogP contribution in [0.4, 0.5) is 4.79 Å². The van der Waals surface area contributed by atoms with E-state index in [0.717, 1.165) is 12.8 Å². The molecule has 3 N–H and O–H groups in total. The molecule has 19 heavy (non-hydrogen) atoms. The summed E-state index contributed by atoms with van der Waals surface area (Å²) in [5, 5.41) is 14.3. The summed E-state index contributed by atoms with van der Waals surface area (Å²) in [4.78, 5) is 22.8. The van der Waals surface area contributed by atoms with Crippen LogP contribution in [0.1, 0.15) is 40.0 Å². The van der Waals surface area contributed by atoms with Crippen molar-refractivity contribution in [1.29, 1.82) is 0 Å². The first-order valence-corrected chi connectivity index (χ1v) is 6.71. The largest absolute Gasteiger partial charge is 0.480 e. The molecule has 0 saturated carbocycles. The average Bonchev–Trinajstić information content (AvgIpc) is 2.33. The van der Waals surface area contributed by atoms with Crippen LogP contribution in [-0.2, 0) is 9.53 Å². The number of rotatable bonds is 9. The molecule has 2 unspecified atom stereocenters. The van der Waals surface area contributed by atoms with Gasteiger partial charge in [-0.3, -0.25) is 0 Å². The smallest absolute Gasteiger partial charge is 0.326 e. The van der Waals surface area contributed by atoms with Gasteiger partial charge in [0.2, 0.25) is 0 Å². The summed E-state index contributed by atoms with van der Waals surface area (Å²) in [6, 6.07) is -1.43. The van der Waals surface area contributed by atoms with Crippen LogP contribution >= 0.6 is 0 Å². The number of unbranched alkanes of at least 4 members (excludes halogenated alkanes) is 1. The van der Waals surface area contributed by atoms with Crippen molar-refractivity contribution in [3.05, 3.63) is 0 Å². The Labute approximate surface area is 114 Å². The number of ether oxygens (including phenoxy) is 1. The van der Waals surface area contributed by atoms with Gasteiger partial charge in [0, 0.05) is 7.11 Å². The van der Waals surface area contributed by atoms with Gasteiger partial charge in [0.25, 0.3) is 0 Å². The summed E-state index contributed by atoms with van der Waals surface area (Å²) in [7, 11) is 1.57. The molecule has 0 spiro atoms. The van der Waals surface area contributed by atoms with Gasteiger partial charge in [-0.2, -0.15) is 0 Å². The van der Waals surface area contributed by atoms with Crippen LogP contribution in [0.2, 0.25) is 0 Å². The van der Waals surface area contributed by atoms with Crippen molar-refractivity contribution in [1.82, 2.24) is 10.6 Å². The van der Waals surface area contributed by atoms with Crippen molar-refractivity contribution in [2.45, 2.75) is 52.1 Å². The molecule has 0 aliphatic rings. The molecule has 6 nitrogen and oxygen atoms in total. The summed E-state index contributed by atoms with van der Waals surface area (Å²) in [6.07, 6.45) is 2.10. The summed E-state index contributed by atoms with van der Waals surface area (Å²) < 4.78 is 5.02. The SMILES string of the molecule is CCCCC(NC(=O)NC(COC)C(C)C)C(=O)O. The molecular weight excluding hydrogens is 248 g/mol. The summed E-state index contributed by atoms with van der Waals surface area (Å²) >= 11 is 0. The van der Waals surface area contributed by atoms with Crippen LogP contribution < -0.4 is 10.6 Å². The van der Waals surface area contributed by atoms with Crippen LogP contribution in [0.3, 0.4) is 0 Å². The lowest BCUT2D eigenvalue weighted by molar-refractivity contribution is -0.139. The quantitative estimate of drug-likeness (QED) is 0.596. The van der Waals surface area contributed by atoms with Crippen molar-refractivity contribution in [3.8, 4) is 0 Å². The summed E-state index contributed by atoms with van der Waals surface area (Å²) in [6.45, 7) is 6.32. The van der Waals surface area contributed by atoms with E-state index in [1.54, 1.807) is 7.11 Å². The van der Waals surface area contributed by atoms with Gasteiger partial charge < -0.3 is 20.5 Å². The Hall–Kier alpha value is -1.30. The van der Waals surface area contributed by atoms with E-state index in [2.05, 4.69) is 10.6 Å². The molecule has 0 bridgehead atoms. The second kappa shape index (κ2) is 9.61. The lowest BCUT2D eigenvalue weighted by Gasteiger charge is -2.23. The number of methoxy groups -OCH3 is 1. The molecule has 0 saturated heterocycles. The fourth-order valence-electron chi connectivity index (χ4n) is 1.61. The van der Waals surface area contributed by atoms with E-state index in [1.807, 2.05) is 20.8 Å². The van der Waals surface area contributed by atoms with Gasteiger partial charge in [-0.1, -0.05) is 33.6 Å². The summed E-state index contributed by atoms with van der Waals surface area (Å²) in [5.41, 5.74) is 0. The highest BCUT2D eigenvalue weighted by molar-refractivity contribution is 5.82. The minimum absolute atomic E-state index is 0.134. The third-order valence-electron chi connectivity index (χ3n) is 2.92. The third-order valence-corrected chi connectivity index (χ3v) is 2.92. The van der Waals surface area contributed by atoms with Gasteiger partial charge in [-0.25, -0.2) is 9.59 Å². The topological polar surface area (TPSA) is 87.7 Å². The molecule has 0 aliphatic carbocycles. The van der Waals surface area contributed by atoms with Gasteiger partial charge in [0.05, 0.1) is 12.6 Å². The molecule has 6 heteroatoms. The number of hydrogen-bond donors (Lipinski definition) is 3. The zero-order valence-electron chi connectivity index (χ0n) is 12.2. The van der Waals surface area contributed by atoms with Crippen LogP contribution in [0.25, 0.3) is 0 Å². The molecule has 0 fully saturated rings. The summed E-state index contributed by atoms with van der Waals surface area (Å²) in [5.74, 6) is -0.791. The third kappa shape index (κ3) is 7.66. The van der Waals surface area contributed by atoms with E-state index in [4.69, 9.17) is 9.84 Å². The van der Waals surface area contributed by atoms with Gasteiger partial charge in [-0.15, -0.1) is 0 Å². The maximum Gasteiger partial charge on any atom is 0.326 e. The van der Waals surface area contributed by atoms with E-state index < -0.39 is 18.0 Å². The van der Waals surface area contributed by atoms with Crippen molar-refractivity contribution < 1.29 is 19.4 Å². The highest BCUT2D eigenvalue weighted by Crippen LogP contribution is 2.03. The minimum atomic E-state index is -1.00. The molecule has 0 radical (unpaired) electrons. The Morgan fingerprint density at radius 1 is 1.26 bits per heavy atom. The Bertz CT molecular complexity index is 282. The molecule has 0 aromatic carbocycles. The van der Waals surface area contributed by atoms with Crippen LogP contribution in [-0.4, -0.2) is 42.9 Å². The van der Waals surface area contributed by atoms with Crippen molar-refractivity contribution in [2.75, 3.05) is 13.7 Å². The Morgan fingerprint density at radius 3 is 2.32 bits per heavy atom. The van der Waals surface area contributed by atoms with Gasteiger partial charge >= 0.3 is 12.0 Å². The number of hydrogen-bond acceptors (Lipinski definition) is 3. The standard InChI is InChI=1S/C13H26N2O4/c1-5-6-7-10(12(16)17)14-13(18)15-11(8-19-4)9(2)3/h9-11H,5-8H2,1-4H3,(H,16,17)(H2,14,15,18). The second-order valence-electron chi connectivity index (χ2n) is 4.96. The number of carbonyl (C=O) groups excluding carboxylic acids is 1. The second-order valence-corrected chi connectivity index (χ2v) is 4.96. The molecule has 2 atom stereocenters. The molecule has 0 aromatic rings. The van der Waals surface area contributed by atoms with E-state index in [9.17, 15) is 9.59 Å². The number of urea groups is 1. The fraction of sp³-hybridized carbons (Fsp3) is 0.846. The van der Waals surface area contributed by atoms with E-state index in [1.165, 1.54) is 0 Å². The van der Waals surface area contributed by atoms with E-state index in [-0.39, 0.29) is 12.0 Å². The highest BCUT2D eigenvalue weighted by Gasteiger charge is 2.21. The van der Waals surface area contributed by atoms with Crippen LogP contribution in [0, 0.1) is 5.92 Å². The van der Waals surface area contributed by atoms with Crippen LogP contribution in [0.5, 0.6) is 0 Å². The number of nitrogens with one attached hydrogen (secondary N) is 2. The van der Waals surface area contributed by atoms with Crippen LogP contribution in [0.15, 0.2) is 0 Å². The molecule has 2 amide bonds. The first-order chi connectivity index (χ1) is 8.92. The monoisotopic (exact) mass is 274 g/mol. The lowest BCUT2D eigenvalue weighted by Crippen LogP contribution is -2.51. The Morgan fingerprint density at radius 2 is 1.89 bits per heavy atom. The molecule has 0 heterocycles. The number of carboxylic acid groups (broad SMARTS) is 1. The molecule has 0 aliphatic heterocycles. The predicted octanol–water partition coefficient (Wildman–Crippen LogP) is 1.60. The molecular formula is C13H26N2O4. The maximum atomic E-state index is 11.8. The molecule has 112 valence electrons. The van der Waals surface area contributed by atoms with Gasteiger partial charge in [0.1, 0.15) is 6.04 Å². The average molecular weight is 274 g/mol. The van der Waals surface area contributed by atoms with E-state index in [0.29, 0.717) is 13.0 Å². The zero-order chi connectivity index (χ0) is 14.8. The first-order valence-electron chi connectivity index (χ1n) is 6.71. The number of carbonyl (C=O) groups is 2. The fourth-order valence-corrected chi connectivity index (χ4v) is 1.61. The number of amides is 2. The van der Waals surface area contributed by atoms with E-state index >= 15 is 0 Å². The minimum Gasteiger partial charge on any atom is -0.480 e. The Kier molecular flexibility index (Phi) is 8.95. The molecule has 0 rings (SSSR count). The number of aliphatic carboxylic acids is 1. The Balaban J connectivity index is 4.34. The number of carboxylic acids is 1. The maximum absolute atomic E-state index is 11.8. The normalized spacial score (nSPS) is 13.9. The lowest BCUT2D eigenvalue weighted by atomic mass is 10.1. The van der Waals surface area contributed by atoms with Crippen molar-refractivity contribution in [3.63, 3.8) is 0 Å². The predicted molar refractivity (Wildman–Crippen MR) is 73.1 cm³/mol.